The summed E-state index contributed by atoms with van der Waals surface area (Å²) < 4.78 is 8.20. The number of nitrogens with zero attached hydrogens (tertiary/aromatic N) is 5. The van der Waals surface area contributed by atoms with Gasteiger partial charge in [-0.05, 0) is 25.0 Å². The fourth-order valence-corrected chi connectivity index (χ4v) is 3.10. The van der Waals surface area contributed by atoms with Crippen LogP contribution in [-0.4, -0.2) is 24.3 Å². The van der Waals surface area contributed by atoms with E-state index in [2.05, 4.69) is 15.2 Å². The maximum Gasteiger partial charge on any atom is 0.350 e. The zero-order valence-electron chi connectivity index (χ0n) is 12.7. The van der Waals surface area contributed by atoms with Gasteiger partial charge in [-0.15, -0.1) is 5.10 Å². The highest BCUT2D eigenvalue weighted by molar-refractivity contribution is 5.35. The first-order valence-electron chi connectivity index (χ1n) is 7.82. The van der Waals surface area contributed by atoms with Crippen molar-refractivity contribution in [2.24, 2.45) is 5.73 Å². The molecule has 8 nitrogen and oxygen atoms in total. The molecular weight excluding hydrogens is 296 g/mol. The van der Waals surface area contributed by atoms with Crippen LogP contribution in [0.2, 0.25) is 0 Å². The first-order valence-corrected chi connectivity index (χ1v) is 7.82. The molecule has 2 N–H and O–H groups in total. The summed E-state index contributed by atoms with van der Waals surface area (Å²) in [6.45, 7) is 0.389. The van der Waals surface area contributed by atoms with E-state index in [9.17, 15) is 4.79 Å². The van der Waals surface area contributed by atoms with Gasteiger partial charge in [0.25, 0.3) is 0 Å². The number of fused-ring (bicyclic) bond motifs is 1. The molecule has 0 spiro atoms. The Labute approximate surface area is 131 Å². The second-order valence-electron chi connectivity index (χ2n) is 6.06. The van der Waals surface area contributed by atoms with Crippen LogP contribution >= 0.6 is 0 Å². The summed E-state index contributed by atoms with van der Waals surface area (Å²) in [5, 5.41) is 8.30. The lowest BCUT2D eigenvalue weighted by Gasteiger charge is -2.17. The summed E-state index contributed by atoms with van der Waals surface area (Å²) in [6.07, 6.45) is 6.11. The van der Waals surface area contributed by atoms with Crippen molar-refractivity contribution >= 4 is 5.65 Å². The molecule has 0 unspecified atom stereocenters. The number of pyridine rings is 1. The number of aryl methyl sites for hydroxylation is 2. The van der Waals surface area contributed by atoms with E-state index in [1.165, 1.54) is 9.08 Å². The van der Waals surface area contributed by atoms with Crippen LogP contribution in [-0.2, 0) is 18.5 Å². The van der Waals surface area contributed by atoms with Crippen LogP contribution in [0.5, 0.6) is 0 Å². The summed E-state index contributed by atoms with van der Waals surface area (Å²) in [5.41, 5.74) is 6.31. The van der Waals surface area contributed by atoms with Gasteiger partial charge in [-0.3, -0.25) is 4.40 Å². The first-order chi connectivity index (χ1) is 11.2. The third kappa shape index (κ3) is 2.44. The minimum atomic E-state index is -0.457. The smallest absolute Gasteiger partial charge is 0.339 e. The van der Waals surface area contributed by atoms with Gasteiger partial charge in [-0.1, -0.05) is 24.1 Å². The van der Waals surface area contributed by atoms with Crippen molar-refractivity contribution in [2.75, 3.05) is 0 Å². The highest BCUT2D eigenvalue weighted by Gasteiger charge is 2.35. The number of hydrogen-bond acceptors (Lipinski definition) is 6. The summed E-state index contributed by atoms with van der Waals surface area (Å²) in [5.74, 6) is 1.06. The van der Waals surface area contributed by atoms with Gasteiger partial charge in [0, 0.05) is 12.6 Å². The molecule has 0 aromatic carbocycles. The molecule has 1 aliphatic carbocycles. The molecule has 0 amide bonds. The maximum atomic E-state index is 12.2. The van der Waals surface area contributed by atoms with Crippen molar-refractivity contribution in [3.05, 3.63) is 46.6 Å². The Balaban J connectivity index is 1.51. The number of aromatic nitrogens is 5. The molecule has 23 heavy (non-hydrogen) atoms. The summed E-state index contributed by atoms with van der Waals surface area (Å²) >= 11 is 0. The van der Waals surface area contributed by atoms with Gasteiger partial charge in [-0.2, -0.15) is 4.98 Å². The molecule has 120 valence electrons. The van der Waals surface area contributed by atoms with E-state index in [1.807, 2.05) is 6.07 Å². The van der Waals surface area contributed by atoms with Gasteiger partial charge in [0.05, 0.1) is 12.1 Å². The molecule has 3 heterocycles. The largest absolute Gasteiger partial charge is 0.350 e. The molecule has 8 heteroatoms. The molecule has 1 saturated carbocycles. The topological polar surface area (TPSA) is 104 Å². The minimum Gasteiger partial charge on any atom is -0.339 e. The Kier molecular flexibility index (Phi) is 3.26. The van der Waals surface area contributed by atoms with Crippen molar-refractivity contribution in [1.29, 1.82) is 0 Å². The van der Waals surface area contributed by atoms with E-state index in [1.54, 1.807) is 18.3 Å². The predicted molar refractivity (Wildman–Crippen MR) is 81.8 cm³/mol. The van der Waals surface area contributed by atoms with Crippen LogP contribution in [0, 0.1) is 0 Å². The predicted octanol–water partition coefficient (Wildman–Crippen LogP) is 0.850. The van der Waals surface area contributed by atoms with Crippen LogP contribution in [0.25, 0.3) is 5.65 Å². The fraction of sp³-hybridized carbons (Fsp3) is 0.467. The van der Waals surface area contributed by atoms with E-state index >= 15 is 0 Å². The van der Waals surface area contributed by atoms with Crippen molar-refractivity contribution in [3.63, 3.8) is 0 Å². The average molecular weight is 314 g/mol. The first kappa shape index (κ1) is 14.1. The lowest BCUT2D eigenvalue weighted by atomic mass is 9.99. The molecule has 0 radical (unpaired) electrons. The Morgan fingerprint density at radius 1 is 1.30 bits per heavy atom. The van der Waals surface area contributed by atoms with Crippen LogP contribution < -0.4 is 11.4 Å². The molecule has 4 rings (SSSR count). The van der Waals surface area contributed by atoms with Gasteiger partial charge in [0.1, 0.15) is 0 Å². The molecule has 1 aliphatic rings. The highest BCUT2D eigenvalue weighted by Crippen LogP contribution is 2.34. The normalized spacial score (nSPS) is 17.1. The van der Waals surface area contributed by atoms with Crippen LogP contribution in [0.1, 0.15) is 37.4 Å². The highest BCUT2D eigenvalue weighted by atomic mass is 16.5. The molecule has 0 aliphatic heterocycles. The van der Waals surface area contributed by atoms with Crippen LogP contribution in [0.15, 0.2) is 33.7 Å². The SMILES string of the molecule is NC1(c2noc(CCn3nc4ccccn4c3=O)n2)CCCC1. The fourth-order valence-electron chi connectivity index (χ4n) is 3.10. The van der Waals surface area contributed by atoms with Crippen molar-refractivity contribution in [3.8, 4) is 0 Å². The Morgan fingerprint density at radius 2 is 2.13 bits per heavy atom. The zero-order valence-corrected chi connectivity index (χ0v) is 12.7. The summed E-state index contributed by atoms with van der Waals surface area (Å²) in [7, 11) is 0. The van der Waals surface area contributed by atoms with Gasteiger partial charge < -0.3 is 10.3 Å². The summed E-state index contributed by atoms with van der Waals surface area (Å²) in [6, 6.07) is 5.44. The number of hydrogen-bond donors (Lipinski definition) is 1. The number of rotatable bonds is 4. The van der Waals surface area contributed by atoms with Gasteiger partial charge in [0.15, 0.2) is 11.5 Å². The second-order valence-corrected chi connectivity index (χ2v) is 6.06. The lowest BCUT2D eigenvalue weighted by molar-refractivity contribution is 0.343. The third-order valence-corrected chi connectivity index (χ3v) is 4.44. The average Bonchev–Trinajstić information content (AvgIpc) is 3.26. The standard InChI is InChI=1S/C15H18N6O2/c16-15(7-2-3-8-15)13-17-12(23-19-13)6-10-21-14(22)20-9-4-1-5-11(20)18-21/h1,4-5,9H,2-3,6-8,10,16H2. The van der Waals surface area contributed by atoms with Crippen LogP contribution in [0.4, 0.5) is 0 Å². The monoisotopic (exact) mass is 314 g/mol. The minimum absolute atomic E-state index is 0.175. The molecule has 0 atom stereocenters. The van der Waals surface area contributed by atoms with E-state index in [4.69, 9.17) is 10.3 Å². The van der Waals surface area contributed by atoms with Gasteiger partial charge in [-0.25, -0.2) is 9.48 Å². The zero-order chi connectivity index (χ0) is 15.9. The van der Waals surface area contributed by atoms with E-state index < -0.39 is 5.54 Å². The maximum absolute atomic E-state index is 12.2. The van der Waals surface area contributed by atoms with E-state index in [0.717, 1.165) is 25.7 Å². The second kappa shape index (κ2) is 5.31. The van der Waals surface area contributed by atoms with Crippen molar-refractivity contribution < 1.29 is 4.52 Å². The molecule has 0 saturated heterocycles. The molecule has 3 aromatic heterocycles. The van der Waals surface area contributed by atoms with Gasteiger partial charge in [0.2, 0.25) is 5.89 Å². The van der Waals surface area contributed by atoms with Crippen LogP contribution in [0.3, 0.4) is 0 Å². The molecular formula is C15H18N6O2. The number of nitrogens with two attached hydrogens (primary N) is 1. The molecule has 0 bridgehead atoms. The Bertz CT molecular complexity index is 887. The van der Waals surface area contributed by atoms with Crippen molar-refractivity contribution in [1.82, 2.24) is 24.3 Å². The van der Waals surface area contributed by atoms with Gasteiger partial charge >= 0.3 is 5.69 Å². The lowest BCUT2D eigenvalue weighted by Crippen LogP contribution is -2.34. The Hall–Kier alpha value is -2.48. The Morgan fingerprint density at radius 3 is 2.91 bits per heavy atom. The molecule has 1 fully saturated rings. The van der Waals surface area contributed by atoms with Crippen molar-refractivity contribution in [2.45, 2.75) is 44.2 Å². The summed E-state index contributed by atoms with van der Waals surface area (Å²) in [4.78, 5) is 16.6. The van der Waals surface area contributed by atoms with E-state index in [0.29, 0.717) is 30.3 Å². The molecule has 3 aromatic rings. The van der Waals surface area contributed by atoms with E-state index in [-0.39, 0.29) is 5.69 Å². The quantitative estimate of drug-likeness (QED) is 0.765. The third-order valence-electron chi connectivity index (χ3n) is 4.44.